The van der Waals surface area contributed by atoms with Gasteiger partial charge in [-0.1, -0.05) is 36.8 Å². The first-order chi connectivity index (χ1) is 13.2. The van der Waals surface area contributed by atoms with E-state index in [1.807, 2.05) is 10.6 Å². The first kappa shape index (κ1) is 17.0. The average molecular weight is 362 g/mol. The van der Waals surface area contributed by atoms with E-state index in [2.05, 4.69) is 68.6 Å². The van der Waals surface area contributed by atoms with Crippen LogP contribution in [0.2, 0.25) is 0 Å². The van der Waals surface area contributed by atoms with Crippen LogP contribution >= 0.6 is 0 Å². The highest BCUT2D eigenvalue weighted by Gasteiger charge is 2.18. The highest BCUT2D eigenvalue weighted by molar-refractivity contribution is 5.86. The molecule has 0 atom stereocenters. The minimum absolute atomic E-state index is 0.359. The average Bonchev–Trinajstić information content (AvgIpc) is 3.30. The van der Waals surface area contributed by atoms with Crippen LogP contribution in [0.5, 0.6) is 0 Å². The third-order valence-electron chi connectivity index (χ3n) is 4.37. The minimum Gasteiger partial charge on any atom is -0.382 e. The summed E-state index contributed by atoms with van der Waals surface area (Å²) in [6.07, 6.45) is 2.72. The van der Waals surface area contributed by atoms with E-state index in [1.54, 1.807) is 6.20 Å². The molecule has 0 bridgehead atoms. The number of aryl methyl sites for hydroxylation is 2. The number of imidazole rings is 1. The van der Waals surface area contributed by atoms with Gasteiger partial charge in [0.05, 0.1) is 0 Å². The van der Waals surface area contributed by atoms with Crippen LogP contribution in [-0.2, 0) is 13.1 Å². The molecule has 0 aliphatic heterocycles. The number of benzene rings is 1. The topological polar surface area (TPSA) is 110 Å². The summed E-state index contributed by atoms with van der Waals surface area (Å²) in [4.78, 5) is 13.7. The molecule has 27 heavy (non-hydrogen) atoms. The summed E-state index contributed by atoms with van der Waals surface area (Å²) in [6.45, 7) is 5.58. The van der Waals surface area contributed by atoms with Crippen molar-refractivity contribution >= 4 is 22.9 Å². The number of nitrogen functional groups attached to an aromatic ring is 1. The fraction of sp³-hybridized carbons (Fsp3) is 0.263. The Morgan fingerprint density at radius 1 is 1.11 bits per heavy atom. The number of rotatable bonds is 6. The molecule has 138 valence electrons. The molecule has 0 amide bonds. The Bertz CT molecular complexity index is 1050. The van der Waals surface area contributed by atoms with E-state index >= 15 is 0 Å². The van der Waals surface area contributed by atoms with E-state index in [1.165, 1.54) is 5.56 Å². The van der Waals surface area contributed by atoms with E-state index in [9.17, 15) is 0 Å². The molecule has 0 saturated carbocycles. The van der Waals surface area contributed by atoms with E-state index in [0.29, 0.717) is 29.5 Å². The summed E-state index contributed by atoms with van der Waals surface area (Å²) < 4.78 is 2.04. The Morgan fingerprint density at radius 2 is 1.93 bits per heavy atom. The maximum Gasteiger partial charge on any atom is 0.227 e. The first-order valence-electron chi connectivity index (χ1n) is 8.99. The molecule has 0 radical (unpaired) electrons. The smallest absolute Gasteiger partial charge is 0.227 e. The maximum absolute atomic E-state index is 6.18. The molecule has 0 aliphatic rings. The number of H-pyrrole nitrogens is 1. The van der Waals surface area contributed by atoms with Crippen molar-refractivity contribution in [2.75, 3.05) is 11.1 Å². The van der Waals surface area contributed by atoms with E-state index in [4.69, 9.17) is 5.73 Å². The third-order valence-corrected chi connectivity index (χ3v) is 4.37. The number of hydrogen-bond donors (Lipinski definition) is 3. The Morgan fingerprint density at radius 3 is 2.63 bits per heavy atom. The third kappa shape index (κ3) is 3.33. The lowest BCUT2D eigenvalue weighted by molar-refractivity contribution is 0.696. The zero-order valence-electron chi connectivity index (χ0n) is 15.4. The number of nitrogens with one attached hydrogen (secondary N) is 2. The van der Waals surface area contributed by atoms with Gasteiger partial charge in [-0.15, -0.1) is 0 Å². The first-order valence-corrected chi connectivity index (χ1v) is 8.99. The van der Waals surface area contributed by atoms with Gasteiger partial charge in [0.1, 0.15) is 5.69 Å². The van der Waals surface area contributed by atoms with Crippen molar-refractivity contribution in [1.29, 1.82) is 0 Å². The molecule has 0 saturated heterocycles. The van der Waals surface area contributed by atoms with Crippen molar-refractivity contribution < 1.29 is 0 Å². The second-order valence-electron chi connectivity index (χ2n) is 6.49. The molecule has 4 rings (SSSR count). The normalized spacial score (nSPS) is 11.2. The van der Waals surface area contributed by atoms with Crippen LogP contribution < -0.4 is 11.1 Å². The lowest BCUT2D eigenvalue weighted by atomic mass is 10.1. The Labute approximate surface area is 156 Å². The number of fused-ring (bicyclic) bond motifs is 1. The van der Waals surface area contributed by atoms with Crippen LogP contribution in [0, 0.1) is 6.92 Å². The van der Waals surface area contributed by atoms with Gasteiger partial charge >= 0.3 is 0 Å². The zero-order chi connectivity index (χ0) is 18.8. The van der Waals surface area contributed by atoms with Crippen molar-refractivity contribution in [3.8, 4) is 11.5 Å². The van der Waals surface area contributed by atoms with E-state index in [-0.39, 0.29) is 0 Å². The van der Waals surface area contributed by atoms with Gasteiger partial charge in [-0.3, -0.25) is 5.10 Å². The van der Waals surface area contributed by atoms with Crippen LogP contribution in [-0.4, -0.2) is 29.7 Å². The minimum atomic E-state index is 0.359. The largest absolute Gasteiger partial charge is 0.382 e. The molecule has 8 heteroatoms. The van der Waals surface area contributed by atoms with Gasteiger partial charge in [0.25, 0.3) is 0 Å². The van der Waals surface area contributed by atoms with Crippen LogP contribution in [0.25, 0.3) is 22.7 Å². The number of anilines is 2. The maximum atomic E-state index is 6.18. The van der Waals surface area contributed by atoms with Gasteiger partial charge in [-0.25, -0.2) is 4.98 Å². The monoisotopic (exact) mass is 362 g/mol. The second-order valence-corrected chi connectivity index (χ2v) is 6.49. The number of nitrogens with zero attached hydrogens (tertiary/aromatic N) is 5. The van der Waals surface area contributed by atoms with Gasteiger partial charge in [0.2, 0.25) is 5.95 Å². The van der Waals surface area contributed by atoms with Gasteiger partial charge in [-0.2, -0.15) is 15.1 Å². The summed E-state index contributed by atoms with van der Waals surface area (Å²) in [7, 11) is 0. The van der Waals surface area contributed by atoms with Crippen LogP contribution in [0.4, 0.5) is 11.8 Å². The van der Waals surface area contributed by atoms with Crippen LogP contribution in [0.3, 0.4) is 0 Å². The molecule has 0 fully saturated rings. The number of nitrogens with two attached hydrogens (primary N) is 1. The molecule has 4 N–H and O–H groups in total. The lowest BCUT2D eigenvalue weighted by Crippen LogP contribution is -2.07. The number of hydrogen-bond acceptors (Lipinski definition) is 6. The quantitative estimate of drug-likeness (QED) is 0.486. The molecule has 3 aromatic heterocycles. The molecule has 3 heterocycles. The summed E-state index contributed by atoms with van der Waals surface area (Å²) >= 11 is 0. The van der Waals surface area contributed by atoms with Crippen molar-refractivity contribution in [2.24, 2.45) is 0 Å². The molecule has 0 unspecified atom stereocenters. The molecule has 4 aromatic rings. The van der Waals surface area contributed by atoms with Gasteiger partial charge in [0.15, 0.2) is 22.8 Å². The van der Waals surface area contributed by atoms with Crippen molar-refractivity contribution in [1.82, 2.24) is 29.7 Å². The van der Waals surface area contributed by atoms with Crippen LogP contribution in [0.15, 0.2) is 36.5 Å². The summed E-state index contributed by atoms with van der Waals surface area (Å²) in [5.74, 6) is 1.59. The molecule has 1 aromatic carbocycles. The van der Waals surface area contributed by atoms with Gasteiger partial charge < -0.3 is 15.6 Å². The van der Waals surface area contributed by atoms with E-state index in [0.717, 1.165) is 30.0 Å². The molecule has 0 aliphatic carbocycles. The molecular formula is C19H22N8. The highest BCUT2D eigenvalue weighted by atomic mass is 15.2. The SMILES string of the molecule is CCCn1c(-c2cc[nH]n2)nc2c(N)nc(NCc3ccc(C)cc3)nc21. The van der Waals surface area contributed by atoms with Crippen LogP contribution in [0.1, 0.15) is 24.5 Å². The van der Waals surface area contributed by atoms with Crippen molar-refractivity contribution in [3.05, 3.63) is 47.7 Å². The van der Waals surface area contributed by atoms with Crippen molar-refractivity contribution in [2.45, 2.75) is 33.4 Å². The Kier molecular flexibility index (Phi) is 4.45. The summed E-state index contributed by atoms with van der Waals surface area (Å²) in [5, 5.41) is 10.3. The molecular weight excluding hydrogens is 340 g/mol. The van der Waals surface area contributed by atoms with Crippen molar-refractivity contribution in [3.63, 3.8) is 0 Å². The molecule has 0 spiro atoms. The lowest BCUT2D eigenvalue weighted by Gasteiger charge is -2.08. The molecule has 8 nitrogen and oxygen atoms in total. The van der Waals surface area contributed by atoms with E-state index < -0.39 is 0 Å². The summed E-state index contributed by atoms with van der Waals surface area (Å²) in [5.41, 5.74) is 10.6. The predicted octanol–water partition coefficient (Wildman–Crippen LogP) is 3.13. The Hall–Kier alpha value is -3.42. The van der Waals surface area contributed by atoms with Gasteiger partial charge in [-0.05, 0) is 25.0 Å². The summed E-state index contributed by atoms with van der Waals surface area (Å²) in [6, 6.07) is 10.2. The zero-order valence-corrected chi connectivity index (χ0v) is 15.4. The standard InChI is InChI=1S/C19H22N8/c1-3-10-27-17(14-8-9-22-26-14)23-15-16(20)24-19(25-18(15)27)21-11-13-6-4-12(2)5-7-13/h4-9H,3,10-11H2,1-2H3,(H,22,26)(H3,20,21,24,25). The number of aromatic amines is 1. The second kappa shape index (κ2) is 7.06. The fourth-order valence-electron chi connectivity index (χ4n) is 3.00. The highest BCUT2D eigenvalue weighted by Crippen LogP contribution is 2.26. The Balaban J connectivity index is 1.71. The fourth-order valence-corrected chi connectivity index (χ4v) is 3.00. The predicted molar refractivity (Wildman–Crippen MR) is 106 cm³/mol. The number of aromatic nitrogens is 6. The van der Waals surface area contributed by atoms with Gasteiger partial charge in [0, 0.05) is 19.3 Å².